The molecule has 0 amide bonds. The fraction of sp³-hybridized carbons (Fsp3) is 0.625. The minimum absolute atomic E-state index is 0.000972. The van der Waals surface area contributed by atoms with Gasteiger partial charge in [0, 0.05) is 12.5 Å². The van der Waals surface area contributed by atoms with E-state index in [1.807, 2.05) is 0 Å². The highest BCUT2D eigenvalue weighted by Crippen LogP contribution is 2.19. The Morgan fingerprint density at radius 1 is 1.82 bits per heavy atom. The van der Waals surface area contributed by atoms with Crippen molar-refractivity contribution in [1.82, 2.24) is 0 Å². The summed E-state index contributed by atoms with van der Waals surface area (Å²) in [6, 6.07) is 0. The van der Waals surface area contributed by atoms with Crippen LogP contribution in [-0.2, 0) is 9.53 Å². The molecule has 1 heterocycles. The van der Waals surface area contributed by atoms with Crippen molar-refractivity contribution in [3.63, 3.8) is 0 Å². The van der Waals surface area contributed by atoms with Gasteiger partial charge < -0.3 is 10.5 Å². The Hall–Kier alpha value is -0.670. The summed E-state index contributed by atoms with van der Waals surface area (Å²) in [5.41, 5.74) is 5.38. The molecule has 0 aromatic rings. The molecular formula is C8H13NO2. The van der Waals surface area contributed by atoms with E-state index in [9.17, 15) is 4.79 Å². The molecule has 0 saturated carbocycles. The van der Waals surface area contributed by atoms with Crippen molar-refractivity contribution in [3.8, 4) is 0 Å². The Bertz CT molecular complexity index is 167. The first-order chi connectivity index (χ1) is 5.27. The summed E-state index contributed by atoms with van der Waals surface area (Å²) in [6.45, 7) is 4.43. The smallest absolute Gasteiger partial charge is 0.160 e. The first-order valence-electron chi connectivity index (χ1n) is 3.76. The van der Waals surface area contributed by atoms with Crippen LogP contribution in [0, 0.1) is 5.92 Å². The Morgan fingerprint density at radius 2 is 2.55 bits per heavy atom. The highest BCUT2D eigenvalue weighted by Gasteiger charge is 2.27. The molecule has 2 N–H and O–H groups in total. The minimum atomic E-state index is 0.000972. The molecule has 0 spiro atoms. The minimum Gasteiger partial charge on any atom is -0.376 e. The lowest BCUT2D eigenvalue weighted by Crippen LogP contribution is -2.19. The number of carbonyl (C=O) groups is 1. The topological polar surface area (TPSA) is 52.3 Å². The van der Waals surface area contributed by atoms with Crippen LogP contribution in [0.1, 0.15) is 6.42 Å². The third-order valence-electron chi connectivity index (χ3n) is 1.95. The van der Waals surface area contributed by atoms with E-state index in [2.05, 4.69) is 6.58 Å². The van der Waals surface area contributed by atoms with E-state index in [0.717, 1.165) is 6.42 Å². The molecule has 1 aliphatic rings. The first-order valence-corrected chi connectivity index (χ1v) is 3.76. The summed E-state index contributed by atoms with van der Waals surface area (Å²) in [7, 11) is 0. The molecule has 0 unspecified atom stereocenters. The Morgan fingerprint density at radius 3 is 3.00 bits per heavy atom. The van der Waals surface area contributed by atoms with E-state index in [1.165, 1.54) is 6.08 Å². The van der Waals surface area contributed by atoms with E-state index >= 15 is 0 Å². The van der Waals surface area contributed by atoms with Gasteiger partial charge in [0.1, 0.15) is 0 Å². The molecule has 1 rings (SSSR count). The maximum absolute atomic E-state index is 11.0. The van der Waals surface area contributed by atoms with Gasteiger partial charge in [-0.3, -0.25) is 4.79 Å². The SMILES string of the molecule is C=CC(=O)[C@@H]1CO[C@H](CN)C1. The Balaban J connectivity index is 2.41. The summed E-state index contributed by atoms with van der Waals surface area (Å²) in [6.07, 6.45) is 2.18. The van der Waals surface area contributed by atoms with Gasteiger partial charge in [-0.2, -0.15) is 0 Å². The molecule has 2 atom stereocenters. The number of rotatable bonds is 3. The average molecular weight is 155 g/mol. The van der Waals surface area contributed by atoms with Crippen molar-refractivity contribution in [2.24, 2.45) is 11.7 Å². The van der Waals surface area contributed by atoms with Gasteiger partial charge in [-0.15, -0.1) is 0 Å². The second-order valence-corrected chi connectivity index (χ2v) is 2.73. The van der Waals surface area contributed by atoms with Gasteiger partial charge in [0.05, 0.1) is 12.7 Å². The van der Waals surface area contributed by atoms with Gasteiger partial charge in [-0.1, -0.05) is 6.58 Å². The molecule has 0 aromatic carbocycles. The first kappa shape index (κ1) is 8.43. The maximum Gasteiger partial charge on any atom is 0.160 e. The summed E-state index contributed by atoms with van der Waals surface area (Å²) in [5.74, 6) is 0.0713. The highest BCUT2D eigenvalue weighted by molar-refractivity contribution is 5.91. The van der Waals surface area contributed by atoms with Crippen LogP contribution in [0.2, 0.25) is 0 Å². The lowest BCUT2D eigenvalue weighted by molar-refractivity contribution is -0.118. The van der Waals surface area contributed by atoms with Crippen LogP contribution in [0.5, 0.6) is 0 Å². The number of nitrogens with two attached hydrogens (primary N) is 1. The van der Waals surface area contributed by atoms with Crippen LogP contribution in [0.15, 0.2) is 12.7 Å². The lowest BCUT2D eigenvalue weighted by Gasteiger charge is -2.02. The largest absolute Gasteiger partial charge is 0.376 e. The van der Waals surface area contributed by atoms with Crippen LogP contribution >= 0.6 is 0 Å². The zero-order chi connectivity index (χ0) is 8.27. The van der Waals surface area contributed by atoms with E-state index in [0.29, 0.717) is 13.2 Å². The van der Waals surface area contributed by atoms with E-state index in [1.54, 1.807) is 0 Å². The van der Waals surface area contributed by atoms with Crippen molar-refractivity contribution in [2.45, 2.75) is 12.5 Å². The Labute approximate surface area is 66.2 Å². The van der Waals surface area contributed by atoms with Crippen molar-refractivity contribution in [3.05, 3.63) is 12.7 Å². The number of hydrogen-bond donors (Lipinski definition) is 1. The molecule has 0 radical (unpaired) electrons. The summed E-state index contributed by atoms with van der Waals surface area (Å²) in [4.78, 5) is 11.0. The quantitative estimate of drug-likeness (QED) is 0.588. The molecule has 3 nitrogen and oxygen atoms in total. The molecule has 0 bridgehead atoms. The predicted octanol–water partition coefficient (Wildman–Crippen LogP) is 0.105. The lowest BCUT2D eigenvalue weighted by atomic mass is 10.0. The van der Waals surface area contributed by atoms with Gasteiger partial charge in [-0.05, 0) is 12.5 Å². The fourth-order valence-corrected chi connectivity index (χ4v) is 1.23. The van der Waals surface area contributed by atoms with E-state index < -0.39 is 0 Å². The van der Waals surface area contributed by atoms with Gasteiger partial charge in [-0.25, -0.2) is 0 Å². The molecular weight excluding hydrogens is 142 g/mol. The van der Waals surface area contributed by atoms with Crippen LogP contribution in [0.25, 0.3) is 0 Å². The van der Waals surface area contributed by atoms with Crippen molar-refractivity contribution >= 4 is 5.78 Å². The highest BCUT2D eigenvalue weighted by atomic mass is 16.5. The number of ether oxygens (including phenoxy) is 1. The van der Waals surface area contributed by atoms with Gasteiger partial charge in [0.15, 0.2) is 5.78 Å². The average Bonchev–Trinajstić information content (AvgIpc) is 2.50. The molecule has 1 saturated heterocycles. The molecule has 11 heavy (non-hydrogen) atoms. The number of allylic oxidation sites excluding steroid dienone is 1. The van der Waals surface area contributed by atoms with Crippen LogP contribution in [0.3, 0.4) is 0 Å². The zero-order valence-electron chi connectivity index (χ0n) is 6.45. The van der Waals surface area contributed by atoms with E-state index in [-0.39, 0.29) is 17.8 Å². The van der Waals surface area contributed by atoms with Gasteiger partial charge in [0.2, 0.25) is 0 Å². The monoisotopic (exact) mass is 155 g/mol. The van der Waals surface area contributed by atoms with Crippen molar-refractivity contribution < 1.29 is 9.53 Å². The maximum atomic E-state index is 11.0. The van der Waals surface area contributed by atoms with E-state index in [4.69, 9.17) is 10.5 Å². The molecule has 1 fully saturated rings. The molecule has 62 valence electrons. The molecule has 1 aliphatic heterocycles. The third-order valence-corrected chi connectivity index (χ3v) is 1.95. The number of carbonyl (C=O) groups excluding carboxylic acids is 1. The molecule has 3 heteroatoms. The second-order valence-electron chi connectivity index (χ2n) is 2.73. The number of hydrogen-bond acceptors (Lipinski definition) is 3. The number of ketones is 1. The molecule has 0 aliphatic carbocycles. The summed E-state index contributed by atoms with van der Waals surface area (Å²) in [5, 5.41) is 0. The van der Waals surface area contributed by atoms with Crippen LogP contribution in [-0.4, -0.2) is 25.0 Å². The predicted molar refractivity (Wildman–Crippen MR) is 42.1 cm³/mol. The zero-order valence-corrected chi connectivity index (χ0v) is 6.45. The van der Waals surface area contributed by atoms with Gasteiger partial charge in [0.25, 0.3) is 0 Å². The summed E-state index contributed by atoms with van der Waals surface area (Å²) < 4.78 is 5.24. The van der Waals surface area contributed by atoms with Crippen LogP contribution in [0.4, 0.5) is 0 Å². The summed E-state index contributed by atoms with van der Waals surface area (Å²) >= 11 is 0. The van der Waals surface area contributed by atoms with Crippen LogP contribution < -0.4 is 5.73 Å². The van der Waals surface area contributed by atoms with Crippen molar-refractivity contribution in [2.75, 3.05) is 13.2 Å². The second kappa shape index (κ2) is 3.64. The normalized spacial score (nSPS) is 30.3. The fourth-order valence-electron chi connectivity index (χ4n) is 1.23. The van der Waals surface area contributed by atoms with Crippen molar-refractivity contribution in [1.29, 1.82) is 0 Å². The standard InChI is InChI=1S/C8H13NO2/c1-2-8(10)6-3-7(4-9)11-5-6/h2,6-7H,1,3-5,9H2/t6-,7-/m0/s1. The van der Waals surface area contributed by atoms with Gasteiger partial charge >= 0.3 is 0 Å². The Kier molecular flexibility index (Phi) is 2.79. The third kappa shape index (κ3) is 1.88. The molecule has 0 aromatic heterocycles.